The lowest BCUT2D eigenvalue weighted by molar-refractivity contribution is -0.163. The molecule has 27 heavy (non-hydrogen) atoms. The van der Waals surface area contributed by atoms with Gasteiger partial charge < -0.3 is 19.7 Å². The number of carbonyl (C=O) groups is 4. The molecular weight excluding hydrogens is 356 g/mol. The Bertz CT molecular complexity index is 706. The second-order valence-corrected chi connectivity index (χ2v) is 8.97. The van der Waals surface area contributed by atoms with E-state index in [2.05, 4.69) is 0 Å². The van der Waals surface area contributed by atoms with E-state index in [1.807, 2.05) is 0 Å². The standard InChI is InChI=1S/C19H22O8/c20-4-26-16-9-3-11(17(16)27-5-21)13-8(9)1-6-7-2-10(12(6)13)15(19(24)25)14(7)18(22)23/h4-17H,1-3H2,(H,22,23)(H,24,25). The van der Waals surface area contributed by atoms with Crippen LogP contribution in [0.4, 0.5) is 0 Å². The summed E-state index contributed by atoms with van der Waals surface area (Å²) < 4.78 is 10.6. The maximum Gasteiger partial charge on any atom is 0.307 e. The van der Waals surface area contributed by atoms with Crippen molar-refractivity contribution in [3.05, 3.63) is 0 Å². The van der Waals surface area contributed by atoms with Crippen molar-refractivity contribution in [1.29, 1.82) is 0 Å². The van der Waals surface area contributed by atoms with Gasteiger partial charge in [0.25, 0.3) is 12.9 Å². The molecule has 0 aromatic heterocycles. The van der Waals surface area contributed by atoms with Gasteiger partial charge in [-0.15, -0.1) is 0 Å². The summed E-state index contributed by atoms with van der Waals surface area (Å²) in [6.45, 7) is 0.803. The fourth-order valence-corrected chi connectivity index (χ4v) is 8.33. The maximum absolute atomic E-state index is 11.9. The molecule has 0 aromatic carbocycles. The summed E-state index contributed by atoms with van der Waals surface area (Å²) in [5.41, 5.74) is 0. The van der Waals surface area contributed by atoms with E-state index in [1.54, 1.807) is 0 Å². The average molecular weight is 378 g/mol. The number of hydrogen-bond donors (Lipinski definition) is 2. The van der Waals surface area contributed by atoms with Gasteiger partial charge in [-0.25, -0.2) is 0 Å². The Morgan fingerprint density at radius 2 is 1.11 bits per heavy atom. The molecule has 2 N–H and O–H groups in total. The Kier molecular flexibility index (Phi) is 3.58. The summed E-state index contributed by atoms with van der Waals surface area (Å²) in [4.78, 5) is 45.5. The number of carbonyl (C=O) groups excluding carboxylic acids is 2. The molecule has 8 heteroatoms. The Morgan fingerprint density at radius 1 is 0.667 bits per heavy atom. The Balaban J connectivity index is 1.48. The van der Waals surface area contributed by atoms with Crippen LogP contribution in [0.2, 0.25) is 0 Å². The van der Waals surface area contributed by atoms with Crippen molar-refractivity contribution < 1.29 is 38.9 Å². The third-order valence-corrected chi connectivity index (χ3v) is 8.63. The molecule has 4 bridgehead atoms. The molecule has 5 rings (SSSR count). The predicted octanol–water partition coefficient (Wildman–Crippen LogP) is 0.639. The third-order valence-electron chi connectivity index (χ3n) is 8.63. The fourth-order valence-electron chi connectivity index (χ4n) is 8.33. The zero-order valence-corrected chi connectivity index (χ0v) is 14.5. The largest absolute Gasteiger partial charge is 0.481 e. The van der Waals surface area contributed by atoms with Gasteiger partial charge in [0.15, 0.2) is 0 Å². The first kappa shape index (κ1) is 17.0. The van der Waals surface area contributed by atoms with Gasteiger partial charge in [-0.1, -0.05) is 0 Å². The number of carboxylic acids is 2. The SMILES string of the molecule is O=COC1C2CC(C1OC=O)C1C2CC2C3CC(C(C(=O)O)C3C(=O)O)C21. The van der Waals surface area contributed by atoms with Crippen molar-refractivity contribution in [2.24, 2.45) is 59.2 Å². The topological polar surface area (TPSA) is 127 Å². The van der Waals surface area contributed by atoms with E-state index < -0.39 is 36.0 Å². The zero-order valence-electron chi connectivity index (χ0n) is 14.5. The lowest BCUT2D eigenvalue weighted by Gasteiger charge is -2.41. The summed E-state index contributed by atoms with van der Waals surface area (Å²) in [7, 11) is 0. The molecule has 8 nitrogen and oxygen atoms in total. The molecular formula is C19H22O8. The number of hydrogen-bond acceptors (Lipinski definition) is 6. The molecule has 0 heterocycles. The second kappa shape index (κ2) is 5.69. The van der Waals surface area contributed by atoms with Crippen molar-refractivity contribution in [3.63, 3.8) is 0 Å². The van der Waals surface area contributed by atoms with Crippen LogP contribution in [0, 0.1) is 59.2 Å². The molecule has 12 unspecified atom stereocenters. The summed E-state index contributed by atoms with van der Waals surface area (Å²) in [5, 5.41) is 19.3. The minimum Gasteiger partial charge on any atom is -0.481 e. The van der Waals surface area contributed by atoms with Crippen LogP contribution in [0.15, 0.2) is 0 Å². The van der Waals surface area contributed by atoms with E-state index in [9.17, 15) is 29.4 Å². The van der Waals surface area contributed by atoms with Crippen LogP contribution in [0.5, 0.6) is 0 Å². The molecule has 5 fully saturated rings. The first-order valence-corrected chi connectivity index (χ1v) is 9.63. The monoisotopic (exact) mass is 378 g/mol. The molecule has 0 saturated heterocycles. The van der Waals surface area contributed by atoms with E-state index in [0.29, 0.717) is 19.4 Å². The molecule has 0 spiro atoms. The first-order valence-electron chi connectivity index (χ1n) is 9.63. The molecule has 0 amide bonds. The highest BCUT2D eigenvalue weighted by Gasteiger charge is 2.73. The van der Waals surface area contributed by atoms with Gasteiger partial charge in [-0.2, -0.15) is 0 Å². The van der Waals surface area contributed by atoms with E-state index in [4.69, 9.17) is 9.47 Å². The molecule has 0 aromatic rings. The van der Waals surface area contributed by atoms with Crippen LogP contribution in [0.25, 0.3) is 0 Å². The summed E-state index contributed by atoms with van der Waals surface area (Å²) in [6.07, 6.45) is 1.42. The van der Waals surface area contributed by atoms with Gasteiger partial charge in [0.1, 0.15) is 12.2 Å². The lowest BCUT2D eigenvalue weighted by Crippen LogP contribution is -2.47. The fraction of sp³-hybridized carbons (Fsp3) is 0.789. The van der Waals surface area contributed by atoms with E-state index in [0.717, 1.165) is 12.8 Å². The molecule has 5 aliphatic rings. The average Bonchev–Trinajstić information content (AvgIpc) is 3.36. The normalized spacial score (nSPS) is 53.6. The third kappa shape index (κ3) is 1.99. The minimum absolute atomic E-state index is 0.0576. The summed E-state index contributed by atoms with van der Waals surface area (Å²) in [6, 6.07) is 0. The summed E-state index contributed by atoms with van der Waals surface area (Å²) in [5.74, 6) is -2.84. The van der Waals surface area contributed by atoms with Gasteiger partial charge in [-0.3, -0.25) is 19.2 Å². The maximum atomic E-state index is 11.9. The van der Waals surface area contributed by atoms with Crippen molar-refractivity contribution in [2.45, 2.75) is 31.5 Å². The molecule has 5 saturated carbocycles. The van der Waals surface area contributed by atoms with Crippen LogP contribution in [-0.2, 0) is 28.7 Å². The van der Waals surface area contributed by atoms with Gasteiger partial charge in [0, 0.05) is 11.8 Å². The summed E-state index contributed by atoms with van der Waals surface area (Å²) >= 11 is 0. The lowest BCUT2D eigenvalue weighted by atomic mass is 9.65. The smallest absolute Gasteiger partial charge is 0.307 e. The zero-order chi connectivity index (χ0) is 19.0. The highest BCUT2D eigenvalue weighted by atomic mass is 16.6. The Hall–Kier alpha value is -2.12. The van der Waals surface area contributed by atoms with Crippen molar-refractivity contribution in [2.75, 3.05) is 0 Å². The van der Waals surface area contributed by atoms with Crippen LogP contribution >= 0.6 is 0 Å². The molecule has 12 atom stereocenters. The van der Waals surface area contributed by atoms with E-state index in [-0.39, 0.29) is 47.3 Å². The van der Waals surface area contributed by atoms with Crippen LogP contribution in [0.1, 0.15) is 19.3 Å². The molecule has 0 radical (unpaired) electrons. The highest BCUT2D eigenvalue weighted by Crippen LogP contribution is 2.73. The number of carboxylic acid groups (broad SMARTS) is 2. The predicted molar refractivity (Wildman–Crippen MR) is 85.9 cm³/mol. The first-order chi connectivity index (χ1) is 13.0. The van der Waals surface area contributed by atoms with Crippen LogP contribution in [0.3, 0.4) is 0 Å². The van der Waals surface area contributed by atoms with Crippen LogP contribution < -0.4 is 0 Å². The van der Waals surface area contributed by atoms with Crippen molar-refractivity contribution in [3.8, 4) is 0 Å². The van der Waals surface area contributed by atoms with Crippen molar-refractivity contribution >= 4 is 24.9 Å². The molecule has 146 valence electrons. The van der Waals surface area contributed by atoms with Gasteiger partial charge in [0.2, 0.25) is 0 Å². The van der Waals surface area contributed by atoms with Gasteiger partial charge >= 0.3 is 11.9 Å². The molecule has 5 aliphatic carbocycles. The number of ether oxygens (including phenoxy) is 2. The Labute approximate surface area is 155 Å². The van der Waals surface area contributed by atoms with E-state index >= 15 is 0 Å². The number of aliphatic carboxylic acids is 2. The van der Waals surface area contributed by atoms with Crippen LogP contribution in [-0.4, -0.2) is 47.3 Å². The highest BCUT2D eigenvalue weighted by molar-refractivity contribution is 5.82. The number of rotatable bonds is 6. The van der Waals surface area contributed by atoms with Crippen molar-refractivity contribution in [1.82, 2.24) is 0 Å². The second-order valence-electron chi connectivity index (χ2n) is 8.97. The number of fused-ring (bicyclic) bond motifs is 11. The minimum atomic E-state index is -1.01. The quantitative estimate of drug-likeness (QED) is 0.645. The van der Waals surface area contributed by atoms with Gasteiger partial charge in [0.05, 0.1) is 11.8 Å². The van der Waals surface area contributed by atoms with Gasteiger partial charge in [-0.05, 0) is 54.8 Å². The molecule has 0 aliphatic heterocycles. The Morgan fingerprint density at radius 3 is 1.70 bits per heavy atom. The van der Waals surface area contributed by atoms with E-state index in [1.165, 1.54) is 0 Å².